The molecular formula is C15H19IN6. The van der Waals surface area contributed by atoms with Gasteiger partial charge in [-0.25, -0.2) is 10.2 Å². The first kappa shape index (κ1) is 15.3. The first-order valence-electron chi connectivity index (χ1n) is 7.17. The standard InChI is InChI=1S/C15H19IN6/c1-9(2)21-15(18-19-20-21)13-8-17-22(14(13)16)12-6-10(3)5-11(4)7-12/h5-9,19-20H,1-4H3. The van der Waals surface area contributed by atoms with Gasteiger partial charge in [-0.1, -0.05) is 6.07 Å². The van der Waals surface area contributed by atoms with Gasteiger partial charge < -0.3 is 0 Å². The summed E-state index contributed by atoms with van der Waals surface area (Å²) >= 11 is 2.32. The van der Waals surface area contributed by atoms with Crippen molar-refractivity contribution in [1.82, 2.24) is 25.9 Å². The Morgan fingerprint density at radius 1 is 1.14 bits per heavy atom. The third-order valence-corrected chi connectivity index (χ3v) is 4.52. The Hall–Kier alpha value is -1.61. The highest BCUT2D eigenvalue weighted by atomic mass is 127. The Morgan fingerprint density at radius 2 is 1.82 bits per heavy atom. The van der Waals surface area contributed by atoms with Crippen molar-refractivity contribution in [2.45, 2.75) is 33.7 Å². The van der Waals surface area contributed by atoms with Gasteiger partial charge in [-0.05, 0) is 73.5 Å². The van der Waals surface area contributed by atoms with Crippen LogP contribution in [0.25, 0.3) is 5.69 Å². The number of nitrogens with zero attached hydrogens (tertiary/aromatic N) is 4. The van der Waals surface area contributed by atoms with E-state index >= 15 is 0 Å². The third kappa shape index (κ3) is 2.70. The van der Waals surface area contributed by atoms with E-state index in [1.807, 2.05) is 15.9 Å². The summed E-state index contributed by atoms with van der Waals surface area (Å²) in [5.41, 5.74) is 10.4. The van der Waals surface area contributed by atoms with Gasteiger partial charge in [0.05, 0.1) is 17.4 Å². The molecule has 3 rings (SSSR count). The number of hydrazine groups is 2. The summed E-state index contributed by atoms with van der Waals surface area (Å²) in [7, 11) is 0. The van der Waals surface area contributed by atoms with Gasteiger partial charge in [0, 0.05) is 6.04 Å². The van der Waals surface area contributed by atoms with Gasteiger partial charge in [0.2, 0.25) is 0 Å². The number of amidine groups is 1. The van der Waals surface area contributed by atoms with Crippen molar-refractivity contribution in [3.8, 4) is 5.69 Å². The number of hydrogen-bond acceptors (Lipinski definition) is 5. The van der Waals surface area contributed by atoms with Gasteiger partial charge in [-0.3, -0.25) is 5.01 Å². The summed E-state index contributed by atoms with van der Waals surface area (Å²) in [6, 6.07) is 6.73. The fraction of sp³-hybridized carbons (Fsp3) is 0.333. The molecule has 0 radical (unpaired) electrons. The van der Waals surface area contributed by atoms with E-state index in [1.54, 1.807) is 0 Å². The number of benzene rings is 1. The Labute approximate surface area is 143 Å². The zero-order valence-electron chi connectivity index (χ0n) is 13.1. The predicted molar refractivity (Wildman–Crippen MR) is 95.5 cm³/mol. The summed E-state index contributed by atoms with van der Waals surface area (Å²) in [6.45, 7) is 8.42. The molecule has 0 saturated carbocycles. The van der Waals surface area contributed by atoms with Crippen LogP contribution in [-0.2, 0) is 0 Å². The highest BCUT2D eigenvalue weighted by Gasteiger charge is 2.25. The molecule has 22 heavy (non-hydrogen) atoms. The van der Waals surface area contributed by atoms with Crippen molar-refractivity contribution < 1.29 is 0 Å². The van der Waals surface area contributed by atoms with Crippen LogP contribution in [-0.4, -0.2) is 26.7 Å². The lowest BCUT2D eigenvalue weighted by Crippen LogP contribution is -2.45. The van der Waals surface area contributed by atoms with E-state index in [0.717, 1.165) is 20.8 Å². The first-order valence-corrected chi connectivity index (χ1v) is 8.25. The molecule has 2 N–H and O–H groups in total. The maximum absolute atomic E-state index is 4.55. The lowest BCUT2D eigenvalue weighted by Gasteiger charge is -2.22. The Kier molecular flexibility index (Phi) is 4.09. The summed E-state index contributed by atoms with van der Waals surface area (Å²) in [5.74, 6) is 0.857. The maximum Gasteiger partial charge on any atom is 0.177 e. The number of aromatic nitrogens is 2. The van der Waals surface area contributed by atoms with Gasteiger partial charge in [-0.15, -0.1) is 10.6 Å². The van der Waals surface area contributed by atoms with Gasteiger partial charge in [0.25, 0.3) is 0 Å². The molecule has 0 fully saturated rings. The molecule has 6 nitrogen and oxygen atoms in total. The van der Waals surface area contributed by atoms with E-state index in [2.05, 4.69) is 89.8 Å². The number of hydrazone groups is 1. The molecule has 0 aliphatic carbocycles. The molecule has 2 aromatic rings. The number of nitrogens with one attached hydrogen (secondary N) is 2. The van der Waals surface area contributed by atoms with Crippen molar-refractivity contribution in [3.63, 3.8) is 0 Å². The van der Waals surface area contributed by atoms with Gasteiger partial charge >= 0.3 is 0 Å². The van der Waals surface area contributed by atoms with E-state index in [0.29, 0.717) is 0 Å². The number of halogens is 1. The van der Waals surface area contributed by atoms with Crippen molar-refractivity contribution in [2.75, 3.05) is 0 Å². The molecule has 0 amide bonds. The van der Waals surface area contributed by atoms with Gasteiger partial charge in [0.1, 0.15) is 3.70 Å². The minimum Gasteiger partial charge on any atom is -0.268 e. The highest BCUT2D eigenvalue weighted by molar-refractivity contribution is 14.1. The molecule has 1 aromatic carbocycles. The van der Waals surface area contributed by atoms with Crippen LogP contribution in [0.4, 0.5) is 0 Å². The number of aryl methyl sites for hydroxylation is 2. The second-order valence-electron chi connectivity index (χ2n) is 5.73. The molecule has 1 aromatic heterocycles. The average Bonchev–Trinajstić information content (AvgIpc) is 3.03. The number of rotatable bonds is 3. The summed E-state index contributed by atoms with van der Waals surface area (Å²) < 4.78 is 2.99. The normalized spacial score (nSPS) is 14.5. The lowest BCUT2D eigenvalue weighted by molar-refractivity contribution is 0.246. The highest BCUT2D eigenvalue weighted by Crippen LogP contribution is 2.21. The largest absolute Gasteiger partial charge is 0.268 e. The number of hydrogen-bond donors (Lipinski definition) is 2. The topological polar surface area (TPSA) is 57.5 Å². The minimum absolute atomic E-state index is 0.286. The van der Waals surface area contributed by atoms with Gasteiger partial charge in [0.15, 0.2) is 5.84 Å². The van der Waals surface area contributed by atoms with E-state index < -0.39 is 0 Å². The van der Waals surface area contributed by atoms with Crippen molar-refractivity contribution >= 4 is 28.4 Å². The van der Waals surface area contributed by atoms with Crippen LogP contribution in [0.3, 0.4) is 0 Å². The molecule has 2 heterocycles. The lowest BCUT2D eigenvalue weighted by atomic mass is 10.1. The second kappa shape index (κ2) is 5.88. The van der Waals surface area contributed by atoms with Crippen LogP contribution in [0.2, 0.25) is 0 Å². The van der Waals surface area contributed by atoms with Crippen molar-refractivity contribution in [3.05, 3.63) is 44.8 Å². The van der Waals surface area contributed by atoms with Gasteiger partial charge in [-0.2, -0.15) is 5.10 Å². The average molecular weight is 410 g/mol. The monoisotopic (exact) mass is 410 g/mol. The molecule has 0 unspecified atom stereocenters. The van der Waals surface area contributed by atoms with E-state index in [9.17, 15) is 0 Å². The van der Waals surface area contributed by atoms with Crippen LogP contribution >= 0.6 is 22.6 Å². The predicted octanol–water partition coefficient (Wildman–Crippen LogP) is 2.49. The summed E-state index contributed by atoms with van der Waals surface area (Å²) in [5, 5.41) is 10.9. The van der Waals surface area contributed by atoms with E-state index in [4.69, 9.17) is 0 Å². The van der Waals surface area contributed by atoms with Crippen LogP contribution in [0, 0.1) is 17.5 Å². The Morgan fingerprint density at radius 3 is 2.45 bits per heavy atom. The van der Waals surface area contributed by atoms with Crippen molar-refractivity contribution in [1.29, 1.82) is 0 Å². The fourth-order valence-corrected chi connectivity index (χ4v) is 3.32. The molecule has 7 heteroatoms. The molecule has 0 spiro atoms. The van der Waals surface area contributed by atoms with Crippen molar-refractivity contribution in [2.24, 2.45) is 5.10 Å². The third-order valence-electron chi connectivity index (χ3n) is 3.48. The molecule has 116 valence electrons. The van der Waals surface area contributed by atoms with Crippen LogP contribution < -0.4 is 11.1 Å². The SMILES string of the molecule is Cc1cc(C)cc(-n2ncc(C3=NNNN3C(C)C)c2I)c1. The zero-order valence-corrected chi connectivity index (χ0v) is 15.2. The molecule has 1 aliphatic rings. The fourth-order valence-electron chi connectivity index (χ4n) is 2.54. The first-order chi connectivity index (χ1) is 10.5. The Bertz CT molecular complexity index is 713. The van der Waals surface area contributed by atoms with Crippen LogP contribution in [0.1, 0.15) is 30.5 Å². The molecule has 0 saturated heterocycles. The molecule has 0 atom stereocenters. The molecule has 1 aliphatic heterocycles. The second-order valence-corrected chi connectivity index (χ2v) is 6.75. The van der Waals surface area contributed by atoms with E-state index in [1.165, 1.54) is 11.1 Å². The summed E-state index contributed by atoms with van der Waals surface area (Å²) in [4.78, 5) is 0. The smallest absolute Gasteiger partial charge is 0.177 e. The van der Waals surface area contributed by atoms with Crippen LogP contribution in [0.15, 0.2) is 29.5 Å². The minimum atomic E-state index is 0.286. The maximum atomic E-state index is 4.55. The summed E-state index contributed by atoms with van der Waals surface area (Å²) in [6.07, 6.45) is 1.86. The zero-order chi connectivity index (χ0) is 15.9. The Balaban J connectivity index is 2.02. The molecular weight excluding hydrogens is 391 g/mol. The molecule has 0 bridgehead atoms. The quantitative estimate of drug-likeness (QED) is 0.764. The van der Waals surface area contributed by atoms with Crippen LogP contribution in [0.5, 0.6) is 0 Å². The van der Waals surface area contributed by atoms with E-state index in [-0.39, 0.29) is 6.04 Å².